The third-order valence-corrected chi connectivity index (χ3v) is 1.05. The fraction of sp³-hybridized carbons (Fsp3) is 0.400. The Morgan fingerprint density at radius 2 is 1.91 bits per heavy atom. The van der Waals surface area contributed by atoms with Gasteiger partial charge >= 0.3 is 35.5 Å². The molecular formula is C5H8NNaO4. The van der Waals surface area contributed by atoms with Gasteiger partial charge in [0.1, 0.15) is 6.04 Å². The number of amides is 2. The summed E-state index contributed by atoms with van der Waals surface area (Å²) < 4.78 is 0. The van der Waals surface area contributed by atoms with Crippen LogP contribution in [-0.4, -0.2) is 34.8 Å². The van der Waals surface area contributed by atoms with E-state index in [1.807, 2.05) is 0 Å². The summed E-state index contributed by atoms with van der Waals surface area (Å²) in [5, 5.41) is 8.26. The molecule has 5 nitrogen and oxygen atoms in total. The van der Waals surface area contributed by atoms with Gasteiger partial charge in [0.05, 0.1) is 0 Å². The van der Waals surface area contributed by atoms with Crippen LogP contribution in [0.4, 0.5) is 0 Å². The molecule has 0 spiro atoms. The Balaban J connectivity index is -0.000000405. The van der Waals surface area contributed by atoms with Gasteiger partial charge in [-0.05, 0) is 6.92 Å². The topological polar surface area (TPSA) is 74.7 Å². The van der Waals surface area contributed by atoms with Gasteiger partial charge in [-0.2, -0.15) is 0 Å². The maximum Gasteiger partial charge on any atom is 1.00 e. The van der Waals surface area contributed by atoms with Gasteiger partial charge in [0.25, 0.3) is 0 Å². The number of carboxylic acids is 1. The van der Waals surface area contributed by atoms with E-state index in [1.165, 1.54) is 6.92 Å². The van der Waals surface area contributed by atoms with Crippen LogP contribution in [0.5, 0.6) is 0 Å². The Hall–Kier alpha value is -0.390. The molecule has 0 aromatic carbocycles. The summed E-state index contributed by atoms with van der Waals surface area (Å²) in [5.41, 5.74) is 0. The van der Waals surface area contributed by atoms with Gasteiger partial charge < -0.3 is 6.53 Å². The number of rotatable bonds is 4. The Kier molecular flexibility index (Phi) is 7.60. The molecule has 0 saturated heterocycles. The number of aliphatic carboxylic acids is 1. The number of nitrogens with zero attached hydrogens (tertiary/aromatic N) is 1. The van der Waals surface area contributed by atoms with Crippen molar-refractivity contribution in [3.05, 3.63) is 0 Å². The second kappa shape index (κ2) is 6.33. The molecule has 0 heterocycles. The Morgan fingerprint density at radius 1 is 1.55 bits per heavy atom. The third-order valence-electron chi connectivity index (χ3n) is 1.05. The van der Waals surface area contributed by atoms with Crippen LogP contribution in [0.2, 0.25) is 0 Å². The van der Waals surface area contributed by atoms with Gasteiger partial charge in [0.15, 0.2) is 0 Å². The molecule has 2 amide bonds. The smallest absolute Gasteiger partial charge is 1.00 e. The largest absolute Gasteiger partial charge is 1.00 e. The molecule has 11 heavy (non-hydrogen) atoms. The van der Waals surface area contributed by atoms with Crippen LogP contribution >= 0.6 is 0 Å². The maximum absolute atomic E-state index is 10.1. The van der Waals surface area contributed by atoms with Crippen LogP contribution in [0.25, 0.3) is 0 Å². The Labute approximate surface area is 87.1 Å². The van der Waals surface area contributed by atoms with E-state index in [0.717, 1.165) is 0 Å². The summed E-state index contributed by atoms with van der Waals surface area (Å²) in [7, 11) is 0. The summed E-state index contributed by atoms with van der Waals surface area (Å²) in [4.78, 5) is 30.5. The van der Waals surface area contributed by atoms with Crippen molar-refractivity contribution < 1.29 is 50.5 Å². The van der Waals surface area contributed by atoms with Gasteiger partial charge in [0.2, 0.25) is 12.8 Å². The first-order chi connectivity index (χ1) is 4.63. The van der Waals surface area contributed by atoms with Crippen LogP contribution in [-0.2, 0) is 14.4 Å². The van der Waals surface area contributed by atoms with Crippen molar-refractivity contribution in [3.63, 3.8) is 0 Å². The number of imide groups is 1. The van der Waals surface area contributed by atoms with Gasteiger partial charge in [-0.25, -0.2) is 4.79 Å². The molecule has 0 fully saturated rings. The van der Waals surface area contributed by atoms with Crippen molar-refractivity contribution in [2.75, 3.05) is 0 Å². The van der Waals surface area contributed by atoms with Crippen LogP contribution in [0.1, 0.15) is 8.35 Å². The van der Waals surface area contributed by atoms with E-state index < -0.39 is 12.0 Å². The molecule has 58 valence electrons. The van der Waals surface area contributed by atoms with Crippen LogP contribution in [0.3, 0.4) is 0 Å². The van der Waals surface area contributed by atoms with Crippen LogP contribution in [0, 0.1) is 0 Å². The molecule has 0 unspecified atom stereocenters. The minimum atomic E-state index is -1.21. The molecule has 0 radical (unpaired) electrons. The van der Waals surface area contributed by atoms with Gasteiger partial charge in [-0.3, -0.25) is 14.5 Å². The maximum atomic E-state index is 10.1. The van der Waals surface area contributed by atoms with Crippen LogP contribution in [0.15, 0.2) is 0 Å². The van der Waals surface area contributed by atoms with E-state index in [-0.39, 0.29) is 43.8 Å². The van der Waals surface area contributed by atoms with Crippen molar-refractivity contribution in [1.29, 1.82) is 0 Å². The number of carboxylic acid groups (broad SMARTS) is 1. The average Bonchev–Trinajstić information content (AvgIpc) is 1.90. The average molecular weight is 169 g/mol. The summed E-state index contributed by atoms with van der Waals surface area (Å²) >= 11 is 0. The summed E-state index contributed by atoms with van der Waals surface area (Å²) in [5.74, 6) is -1.21. The predicted molar refractivity (Wildman–Crippen MR) is 32.2 cm³/mol. The standard InChI is InChI=1S/C5H7NO4.Na.H/c1-4(5(9)10)6(2-7)3-8;;/h2-4H,1H3,(H,9,10);;/q;+1;-1/t4-;;/m0../s1. The minimum Gasteiger partial charge on any atom is -1.00 e. The summed E-state index contributed by atoms with van der Waals surface area (Å²) in [6.45, 7) is 1.24. The first-order valence-electron chi connectivity index (χ1n) is 2.54. The minimum absolute atomic E-state index is 0. The molecule has 0 aliphatic heterocycles. The zero-order valence-corrected chi connectivity index (χ0v) is 8.35. The number of carbonyl (C=O) groups excluding carboxylic acids is 2. The molecule has 0 aliphatic carbocycles. The molecule has 0 saturated carbocycles. The first-order valence-corrected chi connectivity index (χ1v) is 2.54. The van der Waals surface area contributed by atoms with E-state index in [2.05, 4.69) is 0 Å². The van der Waals surface area contributed by atoms with Crippen molar-refractivity contribution in [3.8, 4) is 0 Å². The zero-order valence-electron chi connectivity index (χ0n) is 7.35. The fourth-order valence-electron chi connectivity index (χ4n) is 0.335. The third kappa shape index (κ3) is 4.13. The quantitative estimate of drug-likeness (QED) is 0.346. The second-order valence-electron chi connectivity index (χ2n) is 1.67. The van der Waals surface area contributed by atoms with Gasteiger partial charge in [-0.1, -0.05) is 0 Å². The molecule has 6 heteroatoms. The molecule has 1 atom stereocenters. The monoisotopic (exact) mass is 169 g/mol. The van der Waals surface area contributed by atoms with Gasteiger partial charge in [-0.15, -0.1) is 0 Å². The number of hydrogen-bond acceptors (Lipinski definition) is 3. The first kappa shape index (κ1) is 13.2. The molecule has 0 bridgehead atoms. The van der Waals surface area contributed by atoms with Crippen molar-refractivity contribution in [1.82, 2.24) is 4.90 Å². The van der Waals surface area contributed by atoms with E-state index in [0.29, 0.717) is 4.90 Å². The van der Waals surface area contributed by atoms with Crippen molar-refractivity contribution >= 4 is 18.8 Å². The molecule has 0 rings (SSSR count). The number of carbonyl (C=O) groups is 3. The molecule has 0 aromatic heterocycles. The van der Waals surface area contributed by atoms with E-state index >= 15 is 0 Å². The van der Waals surface area contributed by atoms with E-state index in [1.54, 1.807) is 0 Å². The normalized spacial score (nSPS) is 10.6. The van der Waals surface area contributed by atoms with Crippen molar-refractivity contribution in [2.45, 2.75) is 13.0 Å². The number of hydrogen-bond donors (Lipinski definition) is 1. The van der Waals surface area contributed by atoms with Gasteiger partial charge in [0, 0.05) is 0 Å². The predicted octanol–water partition coefficient (Wildman–Crippen LogP) is -3.81. The van der Waals surface area contributed by atoms with E-state index in [9.17, 15) is 14.4 Å². The second-order valence-corrected chi connectivity index (χ2v) is 1.67. The fourth-order valence-corrected chi connectivity index (χ4v) is 0.335. The summed E-state index contributed by atoms with van der Waals surface area (Å²) in [6, 6.07) is -1.09. The zero-order chi connectivity index (χ0) is 8.15. The van der Waals surface area contributed by atoms with E-state index in [4.69, 9.17) is 5.11 Å². The molecule has 1 N–H and O–H groups in total. The van der Waals surface area contributed by atoms with Crippen LogP contribution < -0.4 is 29.6 Å². The molecular weight excluding hydrogens is 161 g/mol. The summed E-state index contributed by atoms with van der Waals surface area (Å²) in [6.07, 6.45) is 0.345. The Bertz CT molecular complexity index is 158. The SMILES string of the molecule is C[C@@H](C(=O)O)N(C=O)C=O.[H-].[Na+]. The Morgan fingerprint density at radius 3 is 2.00 bits per heavy atom. The molecule has 0 aliphatic rings. The molecule has 0 aromatic rings. The van der Waals surface area contributed by atoms with Crippen molar-refractivity contribution in [2.24, 2.45) is 0 Å².